The summed E-state index contributed by atoms with van der Waals surface area (Å²) in [4.78, 5) is 0.863. The van der Waals surface area contributed by atoms with Gasteiger partial charge >= 0.3 is 0 Å². The molecule has 0 saturated carbocycles. The second kappa shape index (κ2) is 3.62. The van der Waals surface area contributed by atoms with Gasteiger partial charge in [0.05, 0.1) is 0 Å². The van der Waals surface area contributed by atoms with Crippen molar-refractivity contribution in [1.82, 2.24) is 19.8 Å². The van der Waals surface area contributed by atoms with Crippen LogP contribution in [-0.2, 0) is 6.42 Å². The van der Waals surface area contributed by atoms with Crippen molar-refractivity contribution in [1.29, 1.82) is 0 Å². The normalized spacial score (nSPS) is 13.6. The van der Waals surface area contributed by atoms with Crippen molar-refractivity contribution in [3.05, 3.63) is 10.8 Å². The van der Waals surface area contributed by atoms with E-state index in [-0.39, 0.29) is 6.04 Å². The highest BCUT2D eigenvalue weighted by Crippen LogP contribution is 2.15. The minimum atomic E-state index is 0.227. The van der Waals surface area contributed by atoms with E-state index < -0.39 is 0 Å². The number of nitrogens with two attached hydrogens (primary N) is 1. The molecule has 5 nitrogen and oxygen atoms in total. The molecule has 0 spiro atoms. The van der Waals surface area contributed by atoms with Crippen molar-refractivity contribution in [3.63, 3.8) is 0 Å². The molecule has 6 heteroatoms. The van der Waals surface area contributed by atoms with Gasteiger partial charge in [-0.2, -0.15) is 9.61 Å². The largest absolute Gasteiger partial charge is 0.328 e. The van der Waals surface area contributed by atoms with Crippen LogP contribution in [0.4, 0.5) is 0 Å². The minimum absolute atomic E-state index is 0.227. The van der Waals surface area contributed by atoms with Crippen LogP contribution < -0.4 is 5.73 Å². The molecule has 0 fully saturated rings. The third kappa shape index (κ3) is 1.76. The maximum atomic E-state index is 5.68. The molecule has 2 rings (SSSR count). The van der Waals surface area contributed by atoms with Crippen LogP contribution in [0.3, 0.4) is 0 Å². The summed E-state index contributed by atoms with van der Waals surface area (Å²) in [6, 6.07) is 0.227. The Morgan fingerprint density at radius 2 is 2.29 bits per heavy atom. The van der Waals surface area contributed by atoms with Gasteiger partial charge in [-0.15, -0.1) is 10.2 Å². The maximum absolute atomic E-state index is 5.68. The molecule has 76 valence electrons. The molecule has 0 bridgehead atoms. The third-order valence-electron chi connectivity index (χ3n) is 2.00. The Kier molecular flexibility index (Phi) is 2.47. The Morgan fingerprint density at radius 1 is 1.50 bits per heavy atom. The van der Waals surface area contributed by atoms with Crippen molar-refractivity contribution >= 4 is 16.3 Å². The zero-order valence-electron chi connectivity index (χ0n) is 8.27. The van der Waals surface area contributed by atoms with E-state index in [1.807, 2.05) is 13.8 Å². The Balaban J connectivity index is 2.19. The van der Waals surface area contributed by atoms with E-state index in [9.17, 15) is 0 Å². The van der Waals surface area contributed by atoms with Crippen LogP contribution in [0.1, 0.15) is 24.2 Å². The summed E-state index contributed by atoms with van der Waals surface area (Å²) in [7, 11) is 0. The van der Waals surface area contributed by atoms with Crippen molar-refractivity contribution < 1.29 is 0 Å². The van der Waals surface area contributed by atoms with Gasteiger partial charge in [0.2, 0.25) is 4.96 Å². The molecule has 0 aromatic carbocycles. The number of nitrogens with zero attached hydrogens (tertiary/aromatic N) is 4. The van der Waals surface area contributed by atoms with Gasteiger partial charge in [-0.05, 0) is 20.3 Å². The van der Waals surface area contributed by atoms with Gasteiger partial charge in [0.1, 0.15) is 5.01 Å². The van der Waals surface area contributed by atoms with Crippen molar-refractivity contribution in [3.8, 4) is 0 Å². The van der Waals surface area contributed by atoms with Crippen LogP contribution in [-0.4, -0.2) is 25.9 Å². The first-order valence-electron chi connectivity index (χ1n) is 4.60. The van der Waals surface area contributed by atoms with Gasteiger partial charge in [0.25, 0.3) is 0 Å². The molecule has 0 aliphatic carbocycles. The molecular formula is C8H13N5S. The van der Waals surface area contributed by atoms with Crippen molar-refractivity contribution in [2.24, 2.45) is 5.73 Å². The summed E-state index contributed by atoms with van der Waals surface area (Å²) >= 11 is 1.58. The average Bonchev–Trinajstić information content (AvgIpc) is 2.65. The van der Waals surface area contributed by atoms with Crippen LogP contribution in [0, 0.1) is 6.92 Å². The molecule has 0 aliphatic rings. The number of aromatic nitrogens is 4. The lowest BCUT2D eigenvalue weighted by Crippen LogP contribution is -2.15. The van der Waals surface area contributed by atoms with Gasteiger partial charge < -0.3 is 5.73 Å². The number of fused-ring (bicyclic) bond motifs is 1. The fraction of sp³-hybridized carbons (Fsp3) is 0.625. The summed E-state index contributed by atoms with van der Waals surface area (Å²) in [5.41, 5.74) is 5.68. The van der Waals surface area contributed by atoms with Crippen molar-refractivity contribution in [2.45, 2.75) is 32.7 Å². The lowest BCUT2D eigenvalue weighted by molar-refractivity contribution is 0.657. The van der Waals surface area contributed by atoms with E-state index in [2.05, 4.69) is 15.3 Å². The molecule has 0 aliphatic heterocycles. The highest BCUT2D eigenvalue weighted by molar-refractivity contribution is 7.16. The third-order valence-corrected chi connectivity index (χ3v) is 2.96. The second-order valence-corrected chi connectivity index (χ2v) is 4.49. The first kappa shape index (κ1) is 9.54. The molecule has 1 unspecified atom stereocenters. The highest BCUT2D eigenvalue weighted by atomic mass is 32.1. The molecular weight excluding hydrogens is 198 g/mol. The zero-order valence-corrected chi connectivity index (χ0v) is 9.08. The fourth-order valence-electron chi connectivity index (χ4n) is 1.21. The predicted molar refractivity (Wildman–Crippen MR) is 55.4 cm³/mol. The van der Waals surface area contributed by atoms with E-state index in [1.165, 1.54) is 0 Å². The molecule has 1 atom stereocenters. The van der Waals surface area contributed by atoms with Crippen molar-refractivity contribution in [2.75, 3.05) is 0 Å². The number of rotatable bonds is 3. The second-order valence-electron chi connectivity index (χ2n) is 3.45. The minimum Gasteiger partial charge on any atom is -0.328 e. The first-order chi connectivity index (χ1) is 6.66. The van der Waals surface area contributed by atoms with Gasteiger partial charge in [-0.1, -0.05) is 11.3 Å². The lowest BCUT2D eigenvalue weighted by atomic mass is 10.2. The van der Waals surface area contributed by atoms with Crippen LogP contribution in [0.2, 0.25) is 0 Å². The first-order valence-corrected chi connectivity index (χ1v) is 5.42. The molecule has 0 amide bonds. The topological polar surface area (TPSA) is 69.1 Å². The van der Waals surface area contributed by atoms with Crippen LogP contribution in [0.25, 0.3) is 4.96 Å². The predicted octanol–water partition coefficient (Wildman–Crippen LogP) is 0.774. The monoisotopic (exact) mass is 211 g/mol. The van der Waals surface area contributed by atoms with Gasteiger partial charge in [0, 0.05) is 12.5 Å². The van der Waals surface area contributed by atoms with E-state index in [0.717, 1.165) is 28.6 Å². The zero-order chi connectivity index (χ0) is 10.1. The number of hydrogen-bond donors (Lipinski definition) is 1. The summed E-state index contributed by atoms with van der Waals surface area (Å²) in [5.74, 6) is 0.836. The smallest absolute Gasteiger partial charge is 0.234 e. The Labute approximate surface area is 86.0 Å². The summed E-state index contributed by atoms with van der Waals surface area (Å²) < 4.78 is 1.78. The van der Waals surface area contributed by atoms with E-state index >= 15 is 0 Å². The Bertz CT molecular complexity index is 430. The lowest BCUT2D eigenvalue weighted by Gasteiger charge is -2.00. The maximum Gasteiger partial charge on any atom is 0.234 e. The highest BCUT2D eigenvalue weighted by Gasteiger charge is 2.08. The van der Waals surface area contributed by atoms with Gasteiger partial charge in [0.15, 0.2) is 5.82 Å². The fourth-order valence-corrected chi connectivity index (χ4v) is 2.10. The quantitative estimate of drug-likeness (QED) is 0.814. The summed E-state index contributed by atoms with van der Waals surface area (Å²) in [6.07, 6.45) is 1.88. The molecule has 2 heterocycles. The van der Waals surface area contributed by atoms with Gasteiger partial charge in [-0.25, -0.2) is 0 Å². The number of hydrogen-bond acceptors (Lipinski definition) is 5. The van der Waals surface area contributed by atoms with Crippen LogP contribution >= 0.6 is 11.3 Å². The molecule has 2 aromatic rings. The molecule has 2 N–H and O–H groups in total. The Morgan fingerprint density at radius 3 is 2.93 bits per heavy atom. The molecule has 0 saturated heterocycles. The van der Waals surface area contributed by atoms with E-state index in [4.69, 9.17) is 5.73 Å². The summed E-state index contributed by atoms with van der Waals surface area (Å²) in [6.45, 7) is 3.90. The standard InChI is InChI=1S/C8H13N5S/c1-5(9)3-4-7-12-13-6(2)10-11-8(13)14-7/h5H,3-4,9H2,1-2H3. The van der Waals surface area contributed by atoms with Crippen LogP contribution in [0.15, 0.2) is 0 Å². The van der Waals surface area contributed by atoms with E-state index in [1.54, 1.807) is 15.9 Å². The van der Waals surface area contributed by atoms with Gasteiger partial charge in [-0.3, -0.25) is 0 Å². The summed E-state index contributed by atoms with van der Waals surface area (Å²) in [5, 5.41) is 13.4. The SMILES string of the molecule is Cc1nnc2sc(CCC(C)N)nn12. The van der Waals surface area contributed by atoms with E-state index in [0.29, 0.717) is 0 Å². The van der Waals surface area contributed by atoms with Crippen LogP contribution in [0.5, 0.6) is 0 Å². The number of aryl methyl sites for hydroxylation is 2. The Hall–Kier alpha value is -1.01. The molecule has 14 heavy (non-hydrogen) atoms. The molecule has 0 radical (unpaired) electrons. The average molecular weight is 211 g/mol. The molecule has 2 aromatic heterocycles.